The van der Waals surface area contributed by atoms with Crippen molar-refractivity contribution in [3.8, 4) is 18.1 Å². The first-order valence-corrected chi connectivity index (χ1v) is 8.67. The van der Waals surface area contributed by atoms with E-state index in [1.165, 1.54) is 6.07 Å². The Morgan fingerprint density at radius 2 is 1.96 bits per heavy atom. The van der Waals surface area contributed by atoms with Gasteiger partial charge < -0.3 is 35.2 Å². The van der Waals surface area contributed by atoms with E-state index in [1.54, 1.807) is 19.1 Å². The van der Waals surface area contributed by atoms with Crippen LogP contribution in [0.25, 0.3) is 0 Å². The maximum absolute atomic E-state index is 11.8. The van der Waals surface area contributed by atoms with Gasteiger partial charge in [-0.2, -0.15) is 0 Å². The summed E-state index contributed by atoms with van der Waals surface area (Å²) in [6.07, 6.45) is -1.90. The van der Waals surface area contributed by atoms with Gasteiger partial charge in [0.25, 0.3) is 0 Å². The summed E-state index contributed by atoms with van der Waals surface area (Å²) in [5.41, 5.74) is 1.10. The summed E-state index contributed by atoms with van der Waals surface area (Å²) in [5, 5.41) is 41.3. The molecule has 1 aliphatic rings. The van der Waals surface area contributed by atoms with Gasteiger partial charge in [-0.1, -0.05) is 0 Å². The van der Waals surface area contributed by atoms with Crippen LogP contribution in [0.5, 0.6) is 5.75 Å². The average Bonchev–Trinajstić information content (AvgIpc) is 2.64. The SMILES string of the molecule is C#CCCCC(=O)Nc1ccc(OC2OC(C(=O)O)C(O)C(O)C2O)c(C)c1. The molecule has 5 atom stereocenters. The van der Waals surface area contributed by atoms with E-state index in [2.05, 4.69) is 11.2 Å². The zero-order valence-electron chi connectivity index (χ0n) is 15.2. The number of nitrogens with one attached hydrogen (secondary N) is 1. The molecule has 1 heterocycles. The molecule has 0 aliphatic carbocycles. The maximum Gasteiger partial charge on any atom is 0.335 e. The van der Waals surface area contributed by atoms with Gasteiger partial charge in [0.15, 0.2) is 6.10 Å². The van der Waals surface area contributed by atoms with Crippen molar-refractivity contribution in [3.63, 3.8) is 0 Å². The molecule has 1 fully saturated rings. The van der Waals surface area contributed by atoms with Crippen LogP contribution >= 0.6 is 0 Å². The highest BCUT2D eigenvalue weighted by Gasteiger charge is 2.48. The van der Waals surface area contributed by atoms with Gasteiger partial charge in [0.2, 0.25) is 12.2 Å². The second-order valence-corrected chi connectivity index (χ2v) is 6.44. The number of aliphatic carboxylic acids is 1. The minimum absolute atomic E-state index is 0.184. The first-order chi connectivity index (χ1) is 13.2. The van der Waals surface area contributed by atoms with Crippen molar-refractivity contribution in [1.29, 1.82) is 0 Å². The average molecular weight is 393 g/mol. The number of carboxylic acids is 1. The van der Waals surface area contributed by atoms with Gasteiger partial charge in [0, 0.05) is 18.5 Å². The lowest BCUT2D eigenvalue weighted by Crippen LogP contribution is -2.61. The summed E-state index contributed by atoms with van der Waals surface area (Å²) in [6.45, 7) is 1.68. The molecular formula is C19H23NO8. The van der Waals surface area contributed by atoms with Crippen LogP contribution in [0, 0.1) is 19.3 Å². The van der Waals surface area contributed by atoms with Crippen LogP contribution in [0.1, 0.15) is 24.8 Å². The molecule has 5 N–H and O–H groups in total. The zero-order valence-corrected chi connectivity index (χ0v) is 15.2. The van der Waals surface area contributed by atoms with Gasteiger partial charge in [0.1, 0.15) is 24.1 Å². The second kappa shape index (κ2) is 9.52. The largest absolute Gasteiger partial charge is 0.479 e. The molecule has 1 aromatic rings. The number of terminal acetylenes is 1. The second-order valence-electron chi connectivity index (χ2n) is 6.44. The standard InChI is InChI=1S/C19H23NO8/c1-3-4-5-6-13(21)20-11-7-8-12(10(2)9-11)27-19-16(24)14(22)15(23)17(28-19)18(25)26/h1,7-9,14-17,19,22-24H,4-6H2,2H3,(H,20,21)(H,25,26). The molecule has 0 radical (unpaired) electrons. The molecule has 5 unspecified atom stereocenters. The molecule has 1 amide bonds. The molecule has 1 aliphatic heterocycles. The number of carbonyl (C=O) groups excluding carboxylic acids is 1. The Bertz CT molecular complexity index is 759. The highest BCUT2D eigenvalue weighted by molar-refractivity contribution is 5.90. The number of rotatable bonds is 7. The van der Waals surface area contributed by atoms with Crippen LogP contribution in [-0.4, -0.2) is 63.0 Å². The van der Waals surface area contributed by atoms with Gasteiger partial charge in [-0.3, -0.25) is 4.79 Å². The van der Waals surface area contributed by atoms with Crippen LogP contribution in [-0.2, 0) is 14.3 Å². The molecular weight excluding hydrogens is 370 g/mol. The molecule has 0 aromatic heterocycles. The Labute approximate surface area is 161 Å². The molecule has 28 heavy (non-hydrogen) atoms. The third-order valence-corrected chi connectivity index (χ3v) is 4.24. The van der Waals surface area contributed by atoms with Gasteiger partial charge in [-0.05, 0) is 37.1 Å². The highest BCUT2D eigenvalue weighted by atomic mass is 16.7. The number of aliphatic hydroxyl groups is 3. The predicted molar refractivity (Wildman–Crippen MR) is 97.4 cm³/mol. The third kappa shape index (κ3) is 5.21. The van der Waals surface area contributed by atoms with E-state index >= 15 is 0 Å². The van der Waals surface area contributed by atoms with Crippen LogP contribution < -0.4 is 10.1 Å². The predicted octanol–water partition coefficient (Wildman–Crippen LogP) is 0.00802. The lowest BCUT2D eigenvalue weighted by molar-refractivity contribution is -0.271. The summed E-state index contributed by atoms with van der Waals surface area (Å²) >= 11 is 0. The Hall–Kier alpha value is -2.64. The monoisotopic (exact) mass is 393 g/mol. The first-order valence-electron chi connectivity index (χ1n) is 8.67. The Kier molecular flexibility index (Phi) is 7.37. The minimum Gasteiger partial charge on any atom is -0.479 e. The Balaban J connectivity index is 2.05. The fraction of sp³-hybridized carbons (Fsp3) is 0.474. The summed E-state index contributed by atoms with van der Waals surface area (Å²) in [4.78, 5) is 23.0. The number of hydrogen-bond donors (Lipinski definition) is 5. The maximum atomic E-state index is 11.8. The number of carbonyl (C=O) groups is 2. The van der Waals surface area contributed by atoms with E-state index in [0.29, 0.717) is 30.5 Å². The van der Waals surface area contributed by atoms with E-state index in [4.69, 9.17) is 21.0 Å². The number of carboxylic acid groups (broad SMARTS) is 1. The number of anilines is 1. The van der Waals surface area contributed by atoms with Crippen molar-refractivity contribution in [2.45, 2.75) is 56.9 Å². The summed E-state index contributed by atoms with van der Waals surface area (Å²) in [7, 11) is 0. The van der Waals surface area contributed by atoms with Crippen molar-refractivity contribution < 1.29 is 39.5 Å². The summed E-state index contributed by atoms with van der Waals surface area (Å²) in [6, 6.07) is 4.70. The fourth-order valence-electron chi connectivity index (χ4n) is 2.71. The number of benzene rings is 1. The normalized spacial score (nSPS) is 26.9. The molecule has 9 heteroatoms. The van der Waals surface area contributed by atoms with Crippen LogP contribution in [0.3, 0.4) is 0 Å². The van der Waals surface area contributed by atoms with E-state index in [0.717, 1.165) is 0 Å². The summed E-state index contributed by atoms with van der Waals surface area (Å²) < 4.78 is 10.6. The number of hydrogen-bond acceptors (Lipinski definition) is 7. The molecule has 0 saturated carbocycles. The Morgan fingerprint density at radius 1 is 1.25 bits per heavy atom. The molecule has 2 rings (SSSR count). The Morgan fingerprint density at radius 3 is 2.57 bits per heavy atom. The van der Waals surface area contributed by atoms with Crippen molar-refractivity contribution in [1.82, 2.24) is 0 Å². The van der Waals surface area contributed by atoms with Crippen LogP contribution in [0.2, 0.25) is 0 Å². The van der Waals surface area contributed by atoms with Gasteiger partial charge in [0.05, 0.1) is 0 Å². The smallest absolute Gasteiger partial charge is 0.335 e. The number of aryl methyl sites for hydroxylation is 1. The molecule has 0 spiro atoms. The van der Waals surface area contributed by atoms with Crippen LogP contribution in [0.15, 0.2) is 18.2 Å². The lowest BCUT2D eigenvalue weighted by Gasteiger charge is -2.38. The topological polar surface area (TPSA) is 146 Å². The third-order valence-electron chi connectivity index (χ3n) is 4.24. The minimum atomic E-state index is -1.79. The van der Waals surface area contributed by atoms with Crippen molar-refractivity contribution in [2.24, 2.45) is 0 Å². The van der Waals surface area contributed by atoms with E-state index in [9.17, 15) is 24.9 Å². The van der Waals surface area contributed by atoms with E-state index < -0.39 is 36.7 Å². The quantitative estimate of drug-likeness (QED) is 0.322. The van der Waals surface area contributed by atoms with Crippen molar-refractivity contribution >= 4 is 17.6 Å². The van der Waals surface area contributed by atoms with Gasteiger partial charge in [-0.15, -0.1) is 12.3 Å². The zero-order chi connectivity index (χ0) is 20.8. The molecule has 1 aromatic carbocycles. The first kappa shape index (κ1) is 21.7. The number of unbranched alkanes of at least 4 members (excludes halogenated alkanes) is 1. The lowest BCUT2D eigenvalue weighted by atomic mass is 9.99. The molecule has 1 saturated heterocycles. The fourth-order valence-corrected chi connectivity index (χ4v) is 2.71. The van der Waals surface area contributed by atoms with Gasteiger partial charge >= 0.3 is 5.97 Å². The van der Waals surface area contributed by atoms with Gasteiger partial charge in [-0.25, -0.2) is 4.79 Å². The molecule has 9 nitrogen and oxygen atoms in total. The van der Waals surface area contributed by atoms with E-state index in [1.807, 2.05) is 0 Å². The van der Waals surface area contributed by atoms with Crippen molar-refractivity contribution in [2.75, 3.05) is 5.32 Å². The number of ether oxygens (including phenoxy) is 2. The summed E-state index contributed by atoms with van der Waals surface area (Å²) in [5.74, 6) is 1.04. The molecule has 152 valence electrons. The van der Waals surface area contributed by atoms with Crippen molar-refractivity contribution in [3.05, 3.63) is 23.8 Å². The number of amides is 1. The molecule has 0 bridgehead atoms. The number of aliphatic hydroxyl groups excluding tert-OH is 3. The van der Waals surface area contributed by atoms with Crippen LogP contribution in [0.4, 0.5) is 5.69 Å². The highest BCUT2D eigenvalue weighted by Crippen LogP contribution is 2.28. The van der Waals surface area contributed by atoms with E-state index in [-0.39, 0.29) is 11.7 Å².